The fourth-order valence-electron chi connectivity index (χ4n) is 3.93. The van der Waals surface area contributed by atoms with Crippen molar-refractivity contribution in [2.45, 2.75) is 13.0 Å². The predicted octanol–water partition coefficient (Wildman–Crippen LogP) is 2.25. The second kappa shape index (κ2) is 9.25. The number of nitrogens with zero attached hydrogens (tertiary/aromatic N) is 3. The molecule has 0 saturated carbocycles. The predicted molar refractivity (Wildman–Crippen MR) is 117 cm³/mol. The Hall–Kier alpha value is -3.62. The van der Waals surface area contributed by atoms with E-state index < -0.39 is 18.0 Å². The molecular formula is C23H25FN4O4. The van der Waals surface area contributed by atoms with Crippen molar-refractivity contribution in [3.63, 3.8) is 0 Å². The van der Waals surface area contributed by atoms with Crippen molar-refractivity contribution in [3.8, 4) is 0 Å². The summed E-state index contributed by atoms with van der Waals surface area (Å²) in [7, 11) is 0. The Morgan fingerprint density at radius 2 is 1.81 bits per heavy atom. The van der Waals surface area contributed by atoms with Crippen LogP contribution in [0.25, 0.3) is 0 Å². The highest BCUT2D eigenvalue weighted by Crippen LogP contribution is 2.28. The minimum Gasteiger partial charge on any atom is -0.442 e. The first-order valence-electron chi connectivity index (χ1n) is 10.5. The lowest BCUT2D eigenvalue weighted by Crippen LogP contribution is -2.49. The third kappa shape index (κ3) is 4.66. The molecule has 2 aromatic carbocycles. The molecule has 4 rings (SSSR count). The number of benzene rings is 2. The molecule has 9 heteroatoms. The van der Waals surface area contributed by atoms with Gasteiger partial charge < -0.3 is 19.9 Å². The number of rotatable bonds is 5. The molecule has 1 atom stereocenters. The molecule has 0 radical (unpaired) electrons. The summed E-state index contributed by atoms with van der Waals surface area (Å²) in [5.74, 6) is -0.675. The van der Waals surface area contributed by atoms with Crippen LogP contribution >= 0.6 is 0 Å². The zero-order valence-electron chi connectivity index (χ0n) is 17.8. The molecule has 2 aliphatic heterocycles. The SMILES string of the molecule is CC(=O)NCC1CN(c2ccc(N3CCN(C(=O)c4ccccc4)CC3)c(F)c2)C(=O)O1. The summed E-state index contributed by atoms with van der Waals surface area (Å²) in [6.45, 7) is 3.86. The summed E-state index contributed by atoms with van der Waals surface area (Å²) in [5.41, 5.74) is 1.48. The van der Waals surface area contributed by atoms with Gasteiger partial charge in [-0.3, -0.25) is 14.5 Å². The number of cyclic esters (lactones) is 1. The van der Waals surface area contributed by atoms with Gasteiger partial charge in [-0.05, 0) is 30.3 Å². The lowest BCUT2D eigenvalue weighted by Gasteiger charge is -2.36. The summed E-state index contributed by atoms with van der Waals surface area (Å²) in [6, 6.07) is 13.8. The van der Waals surface area contributed by atoms with Crippen LogP contribution in [0, 0.1) is 5.82 Å². The molecule has 0 bridgehead atoms. The van der Waals surface area contributed by atoms with E-state index in [2.05, 4.69) is 5.32 Å². The van der Waals surface area contributed by atoms with Crippen LogP contribution in [-0.2, 0) is 9.53 Å². The van der Waals surface area contributed by atoms with Gasteiger partial charge in [-0.25, -0.2) is 9.18 Å². The van der Waals surface area contributed by atoms with Gasteiger partial charge in [0.2, 0.25) is 5.91 Å². The lowest BCUT2D eigenvalue weighted by atomic mass is 10.1. The number of amides is 3. The summed E-state index contributed by atoms with van der Waals surface area (Å²) in [6.07, 6.45) is -1.05. The average Bonchev–Trinajstić information content (AvgIpc) is 3.18. The molecule has 8 nitrogen and oxygen atoms in total. The van der Waals surface area contributed by atoms with Crippen molar-refractivity contribution in [1.29, 1.82) is 0 Å². The number of ether oxygens (including phenoxy) is 1. The number of halogens is 1. The maximum atomic E-state index is 14.9. The summed E-state index contributed by atoms with van der Waals surface area (Å²) >= 11 is 0. The first-order chi connectivity index (χ1) is 15.4. The third-order valence-electron chi connectivity index (χ3n) is 5.62. The quantitative estimate of drug-likeness (QED) is 0.771. The van der Waals surface area contributed by atoms with Gasteiger partial charge in [-0.15, -0.1) is 0 Å². The van der Waals surface area contributed by atoms with E-state index in [0.717, 1.165) is 0 Å². The summed E-state index contributed by atoms with van der Waals surface area (Å²) in [4.78, 5) is 40.9. The maximum Gasteiger partial charge on any atom is 0.414 e. The fraction of sp³-hybridized carbons (Fsp3) is 0.348. The highest BCUT2D eigenvalue weighted by atomic mass is 19.1. The topological polar surface area (TPSA) is 82.2 Å². The van der Waals surface area contributed by atoms with Gasteiger partial charge in [0.25, 0.3) is 5.91 Å². The number of carbonyl (C=O) groups excluding carboxylic acids is 3. The maximum absolute atomic E-state index is 14.9. The monoisotopic (exact) mass is 440 g/mol. The molecule has 0 spiro atoms. The summed E-state index contributed by atoms with van der Waals surface area (Å²) < 4.78 is 20.2. The lowest BCUT2D eigenvalue weighted by molar-refractivity contribution is -0.119. The number of nitrogens with one attached hydrogen (secondary N) is 1. The molecule has 3 amide bonds. The van der Waals surface area contributed by atoms with E-state index in [1.165, 1.54) is 17.9 Å². The van der Waals surface area contributed by atoms with Crippen LogP contribution in [0.4, 0.5) is 20.6 Å². The molecule has 2 saturated heterocycles. The smallest absolute Gasteiger partial charge is 0.414 e. The Morgan fingerprint density at radius 1 is 1.09 bits per heavy atom. The van der Waals surface area contributed by atoms with E-state index in [-0.39, 0.29) is 24.9 Å². The highest BCUT2D eigenvalue weighted by Gasteiger charge is 2.33. The van der Waals surface area contributed by atoms with Crippen LogP contribution < -0.4 is 15.1 Å². The molecule has 2 aromatic rings. The molecule has 0 aromatic heterocycles. The molecule has 2 heterocycles. The van der Waals surface area contributed by atoms with Crippen molar-refractivity contribution in [2.24, 2.45) is 0 Å². The van der Waals surface area contributed by atoms with E-state index >= 15 is 0 Å². The second-order valence-corrected chi connectivity index (χ2v) is 7.83. The first kappa shape index (κ1) is 21.6. The number of carbonyl (C=O) groups is 3. The minimum atomic E-state index is -0.569. The van der Waals surface area contributed by atoms with Crippen LogP contribution in [0.5, 0.6) is 0 Å². The second-order valence-electron chi connectivity index (χ2n) is 7.83. The minimum absolute atomic E-state index is 0.0255. The normalized spacial score (nSPS) is 18.5. The van der Waals surface area contributed by atoms with Gasteiger partial charge in [0.05, 0.1) is 24.5 Å². The van der Waals surface area contributed by atoms with Gasteiger partial charge in [-0.1, -0.05) is 18.2 Å². The molecule has 2 aliphatic rings. The zero-order chi connectivity index (χ0) is 22.7. The van der Waals surface area contributed by atoms with Gasteiger partial charge in [0, 0.05) is 38.7 Å². The number of anilines is 2. The molecular weight excluding hydrogens is 415 g/mol. The van der Waals surface area contributed by atoms with Crippen LogP contribution in [-0.4, -0.2) is 68.2 Å². The van der Waals surface area contributed by atoms with E-state index in [9.17, 15) is 18.8 Å². The molecule has 1 N–H and O–H groups in total. The first-order valence-corrected chi connectivity index (χ1v) is 10.5. The van der Waals surface area contributed by atoms with Crippen molar-refractivity contribution < 1.29 is 23.5 Å². The average molecular weight is 440 g/mol. The Labute approximate surface area is 185 Å². The van der Waals surface area contributed by atoms with Gasteiger partial charge >= 0.3 is 6.09 Å². The Morgan fingerprint density at radius 3 is 2.47 bits per heavy atom. The van der Waals surface area contributed by atoms with Crippen LogP contribution in [0.3, 0.4) is 0 Å². The van der Waals surface area contributed by atoms with Crippen LogP contribution in [0.15, 0.2) is 48.5 Å². The standard InChI is InChI=1S/C23H25FN4O4/c1-16(29)25-14-19-15-28(23(31)32-19)18-7-8-21(20(24)13-18)26-9-11-27(12-10-26)22(30)17-5-3-2-4-6-17/h2-8,13,19H,9-12,14-15H2,1H3,(H,25,29). The molecule has 0 aliphatic carbocycles. The van der Waals surface area contributed by atoms with E-state index in [1.54, 1.807) is 29.2 Å². The molecule has 168 valence electrons. The van der Waals surface area contributed by atoms with Crippen molar-refractivity contribution in [2.75, 3.05) is 49.1 Å². The van der Waals surface area contributed by atoms with E-state index in [0.29, 0.717) is 43.1 Å². The van der Waals surface area contributed by atoms with Crippen molar-refractivity contribution >= 4 is 29.3 Å². The highest BCUT2D eigenvalue weighted by molar-refractivity contribution is 5.94. The van der Waals surface area contributed by atoms with Gasteiger partial charge in [-0.2, -0.15) is 0 Å². The Balaban J connectivity index is 1.37. The number of piperazine rings is 1. The molecule has 32 heavy (non-hydrogen) atoms. The molecule has 2 fully saturated rings. The summed E-state index contributed by atoms with van der Waals surface area (Å²) in [5, 5.41) is 2.61. The van der Waals surface area contributed by atoms with E-state index in [1.807, 2.05) is 23.1 Å². The van der Waals surface area contributed by atoms with Crippen molar-refractivity contribution in [1.82, 2.24) is 10.2 Å². The zero-order valence-corrected chi connectivity index (χ0v) is 17.8. The van der Waals surface area contributed by atoms with Crippen LogP contribution in [0.1, 0.15) is 17.3 Å². The van der Waals surface area contributed by atoms with Gasteiger partial charge in [0.1, 0.15) is 11.9 Å². The Kier molecular flexibility index (Phi) is 6.25. The van der Waals surface area contributed by atoms with E-state index in [4.69, 9.17) is 4.74 Å². The third-order valence-corrected chi connectivity index (χ3v) is 5.62. The van der Waals surface area contributed by atoms with Gasteiger partial charge in [0.15, 0.2) is 0 Å². The largest absolute Gasteiger partial charge is 0.442 e. The van der Waals surface area contributed by atoms with Crippen molar-refractivity contribution in [3.05, 3.63) is 59.9 Å². The number of hydrogen-bond acceptors (Lipinski definition) is 5. The fourth-order valence-corrected chi connectivity index (χ4v) is 3.93. The van der Waals surface area contributed by atoms with Crippen LogP contribution in [0.2, 0.25) is 0 Å². The molecule has 1 unspecified atom stereocenters. The Bertz CT molecular complexity index is 1010. The number of hydrogen-bond donors (Lipinski definition) is 1.